The maximum atomic E-state index is 11.7. The van der Waals surface area contributed by atoms with Crippen molar-refractivity contribution in [1.29, 1.82) is 0 Å². The van der Waals surface area contributed by atoms with E-state index in [4.69, 9.17) is 9.15 Å². The van der Waals surface area contributed by atoms with Crippen LogP contribution in [0, 0.1) is 0 Å². The molecule has 0 bridgehead atoms. The number of aromatic nitrogens is 2. The predicted octanol–water partition coefficient (Wildman–Crippen LogP) is 4.72. The van der Waals surface area contributed by atoms with E-state index in [1.165, 1.54) is 7.11 Å². The summed E-state index contributed by atoms with van der Waals surface area (Å²) in [4.78, 5) is 11.7. The van der Waals surface area contributed by atoms with Crippen molar-refractivity contribution < 1.29 is 13.9 Å². The summed E-state index contributed by atoms with van der Waals surface area (Å²) in [5, 5.41) is 11.9. The van der Waals surface area contributed by atoms with Crippen molar-refractivity contribution in [3.63, 3.8) is 0 Å². The van der Waals surface area contributed by atoms with Crippen LogP contribution in [0.1, 0.15) is 27.9 Å². The lowest BCUT2D eigenvalue weighted by molar-refractivity contribution is 0.0601. The molecular weight excluding hydrogens is 366 g/mol. The third kappa shape index (κ3) is 4.16. The van der Waals surface area contributed by atoms with Gasteiger partial charge >= 0.3 is 5.97 Å². The zero-order valence-electron chi connectivity index (χ0n) is 15.8. The second-order valence-electron chi connectivity index (χ2n) is 6.37. The molecule has 1 aromatic heterocycles. The van der Waals surface area contributed by atoms with Crippen LogP contribution < -0.4 is 5.32 Å². The highest BCUT2D eigenvalue weighted by Crippen LogP contribution is 2.28. The highest BCUT2D eigenvalue weighted by Gasteiger charge is 2.21. The third-order valence-electron chi connectivity index (χ3n) is 4.46. The number of benzene rings is 3. The number of esters is 1. The summed E-state index contributed by atoms with van der Waals surface area (Å²) in [6.45, 7) is 0. The van der Waals surface area contributed by atoms with Crippen LogP contribution >= 0.6 is 0 Å². The van der Waals surface area contributed by atoms with Crippen LogP contribution in [0.3, 0.4) is 0 Å². The number of carbonyl (C=O) groups is 1. The molecule has 0 amide bonds. The van der Waals surface area contributed by atoms with E-state index in [0.29, 0.717) is 17.3 Å². The molecule has 6 nitrogen and oxygen atoms in total. The lowest BCUT2D eigenvalue weighted by atomic mass is 10.1. The maximum absolute atomic E-state index is 11.7. The molecule has 0 spiro atoms. The smallest absolute Gasteiger partial charge is 0.337 e. The van der Waals surface area contributed by atoms with E-state index in [-0.39, 0.29) is 12.0 Å². The van der Waals surface area contributed by atoms with Gasteiger partial charge in [0.2, 0.25) is 11.8 Å². The van der Waals surface area contributed by atoms with Crippen LogP contribution in [0.2, 0.25) is 0 Å². The van der Waals surface area contributed by atoms with E-state index in [2.05, 4.69) is 15.5 Å². The van der Waals surface area contributed by atoms with Gasteiger partial charge in [-0.15, -0.1) is 10.2 Å². The van der Waals surface area contributed by atoms with Gasteiger partial charge in [-0.25, -0.2) is 4.79 Å². The molecule has 0 aliphatic rings. The maximum Gasteiger partial charge on any atom is 0.337 e. The van der Waals surface area contributed by atoms with E-state index in [9.17, 15) is 4.79 Å². The fraction of sp³-hybridized carbons (Fsp3) is 0.0870. The molecule has 0 aliphatic carbocycles. The summed E-state index contributed by atoms with van der Waals surface area (Å²) in [5.74, 6) is 0.539. The summed E-state index contributed by atoms with van der Waals surface area (Å²) in [6.07, 6.45) is 0. The number of nitrogens with one attached hydrogen (secondary N) is 1. The van der Waals surface area contributed by atoms with Crippen LogP contribution in [0.25, 0.3) is 11.5 Å². The standard InChI is InChI=1S/C23H19N3O3/c1-28-23(27)18-12-14-19(15-13-18)24-20(16-8-4-2-5-9-16)22-26-25-21(29-22)17-10-6-3-7-11-17/h2-15,20,24H,1H3. The average Bonchev–Trinajstić information content (AvgIpc) is 3.28. The number of anilines is 1. The number of rotatable bonds is 6. The molecule has 6 heteroatoms. The number of carbonyl (C=O) groups excluding carboxylic acids is 1. The van der Waals surface area contributed by atoms with Crippen molar-refractivity contribution >= 4 is 11.7 Å². The summed E-state index contributed by atoms with van der Waals surface area (Å²) in [6, 6.07) is 26.2. The molecule has 1 heterocycles. The van der Waals surface area contributed by atoms with Crippen LogP contribution in [0.15, 0.2) is 89.3 Å². The lowest BCUT2D eigenvalue weighted by Gasteiger charge is -2.17. The Balaban J connectivity index is 1.65. The monoisotopic (exact) mass is 385 g/mol. The van der Waals surface area contributed by atoms with E-state index >= 15 is 0 Å². The van der Waals surface area contributed by atoms with Gasteiger partial charge < -0.3 is 14.5 Å². The van der Waals surface area contributed by atoms with Crippen molar-refractivity contribution in [3.05, 3.63) is 102 Å². The summed E-state index contributed by atoms with van der Waals surface area (Å²) >= 11 is 0. The highest BCUT2D eigenvalue weighted by molar-refractivity contribution is 5.89. The molecule has 0 saturated heterocycles. The first-order chi connectivity index (χ1) is 14.2. The van der Waals surface area contributed by atoms with Gasteiger partial charge in [-0.3, -0.25) is 0 Å². The lowest BCUT2D eigenvalue weighted by Crippen LogP contribution is -2.13. The quantitative estimate of drug-likeness (QED) is 0.484. The molecule has 1 N–H and O–H groups in total. The fourth-order valence-corrected chi connectivity index (χ4v) is 2.97. The summed E-state index contributed by atoms with van der Waals surface area (Å²) in [5.41, 5.74) is 3.14. The topological polar surface area (TPSA) is 77.2 Å². The molecule has 0 radical (unpaired) electrons. The number of nitrogens with zero attached hydrogens (tertiary/aromatic N) is 2. The Morgan fingerprint density at radius 1 is 0.897 bits per heavy atom. The van der Waals surface area contributed by atoms with E-state index < -0.39 is 0 Å². The van der Waals surface area contributed by atoms with E-state index in [1.807, 2.05) is 72.8 Å². The molecular formula is C23H19N3O3. The van der Waals surface area contributed by atoms with Gasteiger partial charge in [-0.1, -0.05) is 48.5 Å². The number of hydrogen-bond donors (Lipinski definition) is 1. The first kappa shape index (κ1) is 18.4. The Hall–Kier alpha value is -3.93. The molecule has 0 fully saturated rings. The Kier molecular flexibility index (Phi) is 5.33. The van der Waals surface area contributed by atoms with Crippen molar-refractivity contribution in [1.82, 2.24) is 10.2 Å². The Morgan fingerprint density at radius 2 is 1.55 bits per heavy atom. The van der Waals surface area contributed by atoms with Gasteiger partial charge in [0.1, 0.15) is 6.04 Å². The average molecular weight is 385 g/mol. The molecule has 29 heavy (non-hydrogen) atoms. The zero-order chi connectivity index (χ0) is 20.1. The van der Waals surface area contributed by atoms with Gasteiger partial charge in [0, 0.05) is 11.3 Å². The van der Waals surface area contributed by atoms with Crippen molar-refractivity contribution in [2.24, 2.45) is 0 Å². The van der Waals surface area contributed by atoms with Crippen molar-refractivity contribution in [3.8, 4) is 11.5 Å². The SMILES string of the molecule is COC(=O)c1ccc(NC(c2ccccc2)c2nnc(-c3ccccc3)o2)cc1. The minimum absolute atomic E-state index is 0.342. The van der Waals surface area contributed by atoms with Crippen molar-refractivity contribution in [2.45, 2.75) is 6.04 Å². The van der Waals surface area contributed by atoms with Crippen LogP contribution in [-0.2, 0) is 4.74 Å². The van der Waals surface area contributed by atoms with Gasteiger partial charge in [-0.2, -0.15) is 0 Å². The Bertz CT molecular complexity index is 1080. The molecule has 0 aliphatic heterocycles. The van der Waals surface area contributed by atoms with Gasteiger partial charge in [0.05, 0.1) is 12.7 Å². The second-order valence-corrected chi connectivity index (χ2v) is 6.37. The minimum Gasteiger partial charge on any atom is -0.465 e. The third-order valence-corrected chi connectivity index (χ3v) is 4.46. The first-order valence-electron chi connectivity index (χ1n) is 9.13. The van der Waals surface area contributed by atoms with Gasteiger partial charge in [0.25, 0.3) is 0 Å². The predicted molar refractivity (Wildman–Crippen MR) is 109 cm³/mol. The van der Waals surface area contributed by atoms with Gasteiger partial charge in [-0.05, 0) is 42.0 Å². The number of hydrogen-bond acceptors (Lipinski definition) is 6. The molecule has 4 aromatic rings. The normalized spacial score (nSPS) is 11.6. The summed E-state index contributed by atoms with van der Waals surface area (Å²) < 4.78 is 10.7. The molecule has 1 atom stereocenters. The van der Waals surface area contributed by atoms with Crippen LogP contribution in [0.5, 0.6) is 0 Å². The number of methoxy groups -OCH3 is 1. The molecule has 0 saturated carbocycles. The molecule has 4 rings (SSSR count). The fourth-order valence-electron chi connectivity index (χ4n) is 2.97. The minimum atomic E-state index is -0.374. The molecule has 1 unspecified atom stereocenters. The van der Waals surface area contributed by atoms with Gasteiger partial charge in [0.15, 0.2) is 0 Å². The van der Waals surface area contributed by atoms with Crippen LogP contribution in [-0.4, -0.2) is 23.3 Å². The number of ether oxygens (including phenoxy) is 1. The summed E-state index contributed by atoms with van der Waals surface area (Å²) in [7, 11) is 1.36. The van der Waals surface area contributed by atoms with E-state index in [1.54, 1.807) is 12.1 Å². The van der Waals surface area contributed by atoms with Crippen LogP contribution in [0.4, 0.5) is 5.69 Å². The zero-order valence-corrected chi connectivity index (χ0v) is 15.8. The first-order valence-corrected chi connectivity index (χ1v) is 9.13. The van der Waals surface area contributed by atoms with E-state index in [0.717, 1.165) is 16.8 Å². The molecule has 144 valence electrons. The van der Waals surface area contributed by atoms with Crippen molar-refractivity contribution in [2.75, 3.05) is 12.4 Å². The second kappa shape index (κ2) is 8.39. The highest BCUT2D eigenvalue weighted by atomic mass is 16.5. The largest absolute Gasteiger partial charge is 0.465 e. The Labute approximate surface area is 168 Å². The molecule has 3 aromatic carbocycles. The Morgan fingerprint density at radius 3 is 2.21 bits per heavy atom.